The second-order valence-corrected chi connectivity index (χ2v) is 3.35. The fourth-order valence-corrected chi connectivity index (χ4v) is 0.897. The molecule has 0 aliphatic carbocycles. The quantitative estimate of drug-likeness (QED) is 0.753. The molecule has 0 unspecified atom stereocenters. The molecule has 0 bridgehead atoms. The minimum absolute atomic E-state index is 0. The lowest BCUT2D eigenvalue weighted by atomic mass is 9.96. The first kappa shape index (κ1) is 12.3. The molecule has 0 saturated carbocycles. The predicted octanol–water partition coefficient (Wildman–Crippen LogP) is 2.58. The van der Waals surface area contributed by atoms with Crippen LogP contribution in [0.15, 0.2) is 18.2 Å². The van der Waals surface area contributed by atoms with Crippen LogP contribution < -0.4 is 5.73 Å². The topological polar surface area (TPSA) is 26.0 Å². The molecule has 2 N–H and O–H groups in total. The number of nitrogens with two attached hydrogens (primary N) is 1. The Morgan fingerprint density at radius 2 is 1.69 bits per heavy atom. The molecule has 0 heterocycles. The highest BCUT2D eigenvalue weighted by molar-refractivity contribution is 5.85. The fraction of sp³-hybridized carbons (Fsp3) is 0.333. The SMILES string of the molecule is CC(C)(N)c1ccc(F)c(F)c1.Cl. The highest BCUT2D eigenvalue weighted by Gasteiger charge is 2.15. The Kier molecular flexibility index (Phi) is 3.82. The molecule has 0 aromatic heterocycles. The van der Waals surface area contributed by atoms with Gasteiger partial charge in [0.2, 0.25) is 0 Å². The van der Waals surface area contributed by atoms with Gasteiger partial charge in [0.05, 0.1) is 0 Å². The molecule has 0 saturated heterocycles. The van der Waals surface area contributed by atoms with Gasteiger partial charge < -0.3 is 5.73 Å². The summed E-state index contributed by atoms with van der Waals surface area (Å²) in [4.78, 5) is 0. The van der Waals surface area contributed by atoms with E-state index in [0.717, 1.165) is 12.1 Å². The van der Waals surface area contributed by atoms with Crippen LogP contribution in [0, 0.1) is 11.6 Å². The van der Waals surface area contributed by atoms with Crippen LogP contribution in [-0.4, -0.2) is 0 Å². The van der Waals surface area contributed by atoms with Crippen molar-refractivity contribution in [2.45, 2.75) is 19.4 Å². The molecule has 13 heavy (non-hydrogen) atoms. The van der Waals surface area contributed by atoms with Gasteiger partial charge in [-0.15, -0.1) is 12.4 Å². The minimum atomic E-state index is -0.856. The van der Waals surface area contributed by atoms with E-state index in [-0.39, 0.29) is 12.4 Å². The first-order chi connectivity index (χ1) is 5.41. The average molecular weight is 208 g/mol. The highest BCUT2D eigenvalue weighted by Crippen LogP contribution is 2.18. The van der Waals surface area contributed by atoms with Gasteiger partial charge in [-0.1, -0.05) is 6.07 Å². The maximum absolute atomic E-state index is 12.7. The highest BCUT2D eigenvalue weighted by atomic mass is 35.5. The number of rotatable bonds is 1. The van der Waals surface area contributed by atoms with Crippen molar-refractivity contribution in [3.05, 3.63) is 35.4 Å². The van der Waals surface area contributed by atoms with Gasteiger partial charge in [0, 0.05) is 5.54 Å². The molecule has 0 spiro atoms. The van der Waals surface area contributed by atoms with E-state index < -0.39 is 17.2 Å². The average Bonchev–Trinajstić information content (AvgIpc) is 1.92. The van der Waals surface area contributed by atoms with Crippen molar-refractivity contribution >= 4 is 12.4 Å². The monoisotopic (exact) mass is 207 g/mol. The first-order valence-corrected chi connectivity index (χ1v) is 3.65. The fourth-order valence-electron chi connectivity index (χ4n) is 0.897. The zero-order valence-electron chi connectivity index (χ0n) is 7.47. The van der Waals surface area contributed by atoms with Crippen LogP contribution in [0.4, 0.5) is 8.78 Å². The third-order valence-electron chi connectivity index (χ3n) is 1.66. The summed E-state index contributed by atoms with van der Waals surface area (Å²) in [6.45, 7) is 3.47. The van der Waals surface area contributed by atoms with E-state index in [1.807, 2.05) is 0 Å². The molecule has 0 amide bonds. The minimum Gasteiger partial charge on any atom is -0.322 e. The van der Waals surface area contributed by atoms with Gasteiger partial charge >= 0.3 is 0 Å². The molecule has 1 aromatic carbocycles. The van der Waals surface area contributed by atoms with Gasteiger partial charge in [0.25, 0.3) is 0 Å². The number of hydrogen-bond donors (Lipinski definition) is 1. The van der Waals surface area contributed by atoms with Crippen LogP contribution in [0.25, 0.3) is 0 Å². The molecule has 4 heteroatoms. The molecule has 1 rings (SSSR count). The Hall–Kier alpha value is -0.670. The van der Waals surface area contributed by atoms with Crippen molar-refractivity contribution in [3.8, 4) is 0 Å². The summed E-state index contributed by atoms with van der Waals surface area (Å²) in [5, 5.41) is 0. The molecular weight excluding hydrogens is 196 g/mol. The lowest BCUT2D eigenvalue weighted by Crippen LogP contribution is -2.28. The lowest BCUT2D eigenvalue weighted by molar-refractivity contribution is 0.494. The summed E-state index contributed by atoms with van der Waals surface area (Å²) in [6, 6.07) is 3.69. The van der Waals surface area contributed by atoms with Crippen molar-refractivity contribution < 1.29 is 8.78 Å². The Morgan fingerprint density at radius 3 is 2.08 bits per heavy atom. The second kappa shape index (κ2) is 4.03. The Balaban J connectivity index is 0.00000144. The van der Waals surface area contributed by atoms with Crippen molar-refractivity contribution in [2.75, 3.05) is 0 Å². The van der Waals surface area contributed by atoms with E-state index in [9.17, 15) is 8.78 Å². The molecular formula is C9H12ClF2N. The maximum atomic E-state index is 12.7. The molecule has 74 valence electrons. The van der Waals surface area contributed by atoms with E-state index in [1.54, 1.807) is 13.8 Å². The summed E-state index contributed by atoms with van der Waals surface area (Å²) in [5.41, 5.74) is 5.64. The van der Waals surface area contributed by atoms with E-state index >= 15 is 0 Å². The normalized spacial score (nSPS) is 10.8. The maximum Gasteiger partial charge on any atom is 0.159 e. The molecule has 0 aliphatic heterocycles. The van der Waals surface area contributed by atoms with Crippen LogP contribution in [0.5, 0.6) is 0 Å². The molecule has 0 radical (unpaired) electrons. The van der Waals surface area contributed by atoms with Crippen LogP contribution in [0.1, 0.15) is 19.4 Å². The molecule has 1 nitrogen and oxygen atoms in total. The van der Waals surface area contributed by atoms with Crippen LogP contribution in [0.3, 0.4) is 0 Å². The summed E-state index contributed by atoms with van der Waals surface area (Å²) in [5.74, 6) is -1.70. The number of halogens is 3. The number of benzene rings is 1. The number of hydrogen-bond acceptors (Lipinski definition) is 1. The first-order valence-electron chi connectivity index (χ1n) is 3.65. The zero-order chi connectivity index (χ0) is 9.35. The lowest BCUT2D eigenvalue weighted by Gasteiger charge is -2.18. The summed E-state index contributed by atoms with van der Waals surface area (Å²) in [7, 11) is 0. The zero-order valence-corrected chi connectivity index (χ0v) is 8.29. The summed E-state index contributed by atoms with van der Waals surface area (Å²) < 4.78 is 25.2. The largest absolute Gasteiger partial charge is 0.322 e. The van der Waals surface area contributed by atoms with Gasteiger partial charge in [-0.05, 0) is 31.5 Å². The van der Waals surface area contributed by atoms with Crippen LogP contribution in [0.2, 0.25) is 0 Å². The predicted molar refractivity (Wildman–Crippen MR) is 50.8 cm³/mol. The Labute approximate surface area is 82.4 Å². The summed E-state index contributed by atoms with van der Waals surface area (Å²) >= 11 is 0. The Morgan fingerprint density at radius 1 is 1.15 bits per heavy atom. The van der Waals surface area contributed by atoms with Crippen molar-refractivity contribution in [1.29, 1.82) is 0 Å². The van der Waals surface area contributed by atoms with Crippen LogP contribution >= 0.6 is 12.4 Å². The molecule has 0 aliphatic rings. The van der Waals surface area contributed by atoms with Crippen LogP contribution in [-0.2, 0) is 5.54 Å². The molecule has 1 aromatic rings. The van der Waals surface area contributed by atoms with Crippen molar-refractivity contribution in [2.24, 2.45) is 5.73 Å². The van der Waals surface area contributed by atoms with E-state index in [1.165, 1.54) is 6.07 Å². The van der Waals surface area contributed by atoms with Gasteiger partial charge in [0.15, 0.2) is 11.6 Å². The van der Waals surface area contributed by atoms with Gasteiger partial charge in [-0.3, -0.25) is 0 Å². The third kappa shape index (κ3) is 2.94. The molecule has 0 atom stereocenters. The van der Waals surface area contributed by atoms with E-state index in [0.29, 0.717) is 5.56 Å². The van der Waals surface area contributed by atoms with E-state index in [4.69, 9.17) is 5.73 Å². The third-order valence-corrected chi connectivity index (χ3v) is 1.66. The van der Waals surface area contributed by atoms with Gasteiger partial charge in [0.1, 0.15) is 0 Å². The van der Waals surface area contributed by atoms with Gasteiger partial charge in [-0.25, -0.2) is 8.78 Å². The van der Waals surface area contributed by atoms with Crippen molar-refractivity contribution in [1.82, 2.24) is 0 Å². The van der Waals surface area contributed by atoms with Crippen molar-refractivity contribution in [3.63, 3.8) is 0 Å². The Bertz CT molecular complexity index is 294. The van der Waals surface area contributed by atoms with E-state index in [2.05, 4.69) is 0 Å². The smallest absolute Gasteiger partial charge is 0.159 e. The standard InChI is InChI=1S/C9H11F2N.ClH/c1-9(2,12)6-3-4-7(10)8(11)5-6;/h3-5H,12H2,1-2H3;1H. The van der Waals surface area contributed by atoms with Gasteiger partial charge in [-0.2, -0.15) is 0 Å². The molecule has 0 fully saturated rings. The summed E-state index contributed by atoms with van der Waals surface area (Å²) in [6.07, 6.45) is 0. The second-order valence-electron chi connectivity index (χ2n) is 3.35.